The molecule has 0 spiro atoms. The molecule has 0 aromatic heterocycles. The van der Waals surface area contributed by atoms with Gasteiger partial charge in [-0.15, -0.1) is 0 Å². The summed E-state index contributed by atoms with van der Waals surface area (Å²) in [5, 5.41) is 8.68. The third kappa shape index (κ3) is 3.07. The Balaban J connectivity index is 2.19. The van der Waals surface area contributed by atoms with Gasteiger partial charge < -0.3 is 10.1 Å². The van der Waals surface area contributed by atoms with Crippen LogP contribution < -0.4 is 10.5 Å². The van der Waals surface area contributed by atoms with Gasteiger partial charge in [-0.2, -0.15) is 0 Å². The quantitative estimate of drug-likeness (QED) is 0.874. The Labute approximate surface area is 126 Å². The molecule has 21 heavy (non-hydrogen) atoms. The van der Waals surface area contributed by atoms with Crippen LogP contribution in [-0.4, -0.2) is 27.2 Å². The van der Waals surface area contributed by atoms with Gasteiger partial charge in [-0.05, 0) is 38.0 Å². The lowest BCUT2D eigenvalue weighted by molar-refractivity contribution is -0.0976. The monoisotopic (exact) mass is 312 g/mol. The number of benzene rings is 1. The molecule has 1 saturated carbocycles. The van der Waals surface area contributed by atoms with Gasteiger partial charge in [0.25, 0.3) is 0 Å². The van der Waals surface area contributed by atoms with Crippen molar-refractivity contribution < 1.29 is 13.2 Å². The molecule has 1 aliphatic carbocycles. The van der Waals surface area contributed by atoms with Crippen LogP contribution in [0.4, 0.5) is 5.69 Å². The minimum atomic E-state index is -3.69. The number of nitrogens with two attached hydrogens (primary N) is 1. The zero-order valence-electron chi connectivity index (χ0n) is 13.0. The molecule has 1 fully saturated rings. The van der Waals surface area contributed by atoms with Crippen molar-refractivity contribution in [1.29, 1.82) is 0 Å². The Morgan fingerprint density at radius 1 is 1.43 bits per heavy atom. The van der Waals surface area contributed by atoms with Gasteiger partial charge in [-0.1, -0.05) is 19.9 Å². The SMILES string of the molecule is CCOC1CC(Nc2cccc(S(N)(=O)=O)c2C)C1(C)C. The summed E-state index contributed by atoms with van der Waals surface area (Å²) >= 11 is 0. The number of rotatable bonds is 5. The highest BCUT2D eigenvalue weighted by molar-refractivity contribution is 7.89. The average Bonchev–Trinajstić information content (AvgIpc) is 2.38. The van der Waals surface area contributed by atoms with Crippen LogP contribution in [0, 0.1) is 12.3 Å². The smallest absolute Gasteiger partial charge is 0.238 e. The van der Waals surface area contributed by atoms with E-state index >= 15 is 0 Å². The highest BCUT2D eigenvalue weighted by Crippen LogP contribution is 2.44. The van der Waals surface area contributed by atoms with E-state index in [9.17, 15) is 8.42 Å². The van der Waals surface area contributed by atoms with Crippen molar-refractivity contribution in [1.82, 2.24) is 0 Å². The molecule has 0 aliphatic heterocycles. The van der Waals surface area contributed by atoms with Crippen molar-refractivity contribution >= 4 is 15.7 Å². The van der Waals surface area contributed by atoms with E-state index in [4.69, 9.17) is 9.88 Å². The standard InChI is InChI=1S/C15H24N2O3S/c1-5-20-14-9-13(15(14,3)4)17-11-7-6-8-12(10(11)2)21(16,18)19/h6-8,13-14,17H,5,9H2,1-4H3,(H2,16,18,19). The maximum atomic E-state index is 11.6. The first kappa shape index (κ1) is 16.3. The van der Waals surface area contributed by atoms with Crippen molar-refractivity contribution in [2.75, 3.05) is 11.9 Å². The number of hydrogen-bond donors (Lipinski definition) is 2. The van der Waals surface area contributed by atoms with Crippen LogP contribution in [0.3, 0.4) is 0 Å². The van der Waals surface area contributed by atoms with Crippen LogP contribution in [0.5, 0.6) is 0 Å². The van der Waals surface area contributed by atoms with E-state index in [0.29, 0.717) is 12.2 Å². The summed E-state index contributed by atoms with van der Waals surface area (Å²) in [6.07, 6.45) is 1.15. The summed E-state index contributed by atoms with van der Waals surface area (Å²) < 4.78 is 28.9. The maximum Gasteiger partial charge on any atom is 0.238 e. The number of sulfonamides is 1. The number of hydrogen-bond acceptors (Lipinski definition) is 4. The van der Waals surface area contributed by atoms with E-state index in [1.165, 1.54) is 6.07 Å². The van der Waals surface area contributed by atoms with E-state index in [-0.39, 0.29) is 22.5 Å². The predicted molar refractivity (Wildman–Crippen MR) is 83.8 cm³/mol. The molecule has 3 N–H and O–H groups in total. The van der Waals surface area contributed by atoms with Crippen molar-refractivity contribution in [3.8, 4) is 0 Å². The third-order valence-corrected chi connectivity index (χ3v) is 5.52. The molecule has 6 heteroatoms. The van der Waals surface area contributed by atoms with Gasteiger partial charge in [0.05, 0.1) is 11.0 Å². The van der Waals surface area contributed by atoms with E-state index in [0.717, 1.165) is 12.1 Å². The molecule has 2 atom stereocenters. The van der Waals surface area contributed by atoms with Crippen LogP contribution in [-0.2, 0) is 14.8 Å². The van der Waals surface area contributed by atoms with Gasteiger partial charge in [0.1, 0.15) is 0 Å². The molecule has 0 saturated heterocycles. The van der Waals surface area contributed by atoms with E-state index < -0.39 is 10.0 Å². The molecule has 1 aromatic rings. The highest BCUT2D eigenvalue weighted by atomic mass is 32.2. The zero-order valence-corrected chi connectivity index (χ0v) is 13.8. The minimum absolute atomic E-state index is 0.0139. The largest absolute Gasteiger partial charge is 0.381 e. The molecule has 2 rings (SSSR count). The van der Waals surface area contributed by atoms with Crippen molar-refractivity contribution in [3.05, 3.63) is 23.8 Å². The second-order valence-corrected chi connectivity index (χ2v) is 7.70. The molecule has 118 valence electrons. The number of primary sulfonamides is 1. The summed E-state index contributed by atoms with van der Waals surface area (Å²) in [6.45, 7) is 8.80. The zero-order chi connectivity index (χ0) is 15.8. The van der Waals surface area contributed by atoms with Crippen LogP contribution in [0.2, 0.25) is 0 Å². The van der Waals surface area contributed by atoms with Gasteiger partial charge in [-0.25, -0.2) is 13.6 Å². The fourth-order valence-corrected chi connectivity index (χ4v) is 3.69. The molecule has 0 bridgehead atoms. The van der Waals surface area contributed by atoms with Crippen molar-refractivity contribution in [3.63, 3.8) is 0 Å². The number of nitrogens with one attached hydrogen (secondary N) is 1. The molecule has 1 aromatic carbocycles. The summed E-state index contributed by atoms with van der Waals surface area (Å²) in [7, 11) is -3.69. The Kier molecular flexibility index (Phi) is 4.33. The van der Waals surface area contributed by atoms with Crippen LogP contribution in [0.1, 0.15) is 32.8 Å². The van der Waals surface area contributed by atoms with Gasteiger partial charge in [0.15, 0.2) is 0 Å². The molecule has 5 nitrogen and oxygen atoms in total. The van der Waals surface area contributed by atoms with Gasteiger partial charge >= 0.3 is 0 Å². The van der Waals surface area contributed by atoms with E-state index in [2.05, 4.69) is 19.2 Å². The fraction of sp³-hybridized carbons (Fsp3) is 0.600. The van der Waals surface area contributed by atoms with Crippen molar-refractivity contribution in [2.24, 2.45) is 10.6 Å². The molecule has 0 radical (unpaired) electrons. The van der Waals surface area contributed by atoms with Crippen LogP contribution in [0.15, 0.2) is 23.1 Å². The van der Waals surface area contributed by atoms with Gasteiger partial charge in [0, 0.05) is 23.8 Å². The molecule has 2 unspecified atom stereocenters. The first-order valence-electron chi connectivity index (χ1n) is 7.18. The van der Waals surface area contributed by atoms with Gasteiger partial charge in [0.2, 0.25) is 10.0 Å². The van der Waals surface area contributed by atoms with Crippen molar-refractivity contribution in [2.45, 2.75) is 51.2 Å². The highest BCUT2D eigenvalue weighted by Gasteiger charge is 2.49. The van der Waals surface area contributed by atoms with E-state index in [1.807, 2.05) is 13.0 Å². The third-order valence-electron chi connectivity index (χ3n) is 4.47. The Bertz CT molecular complexity index is 626. The second-order valence-electron chi connectivity index (χ2n) is 6.17. The summed E-state index contributed by atoms with van der Waals surface area (Å²) in [5.41, 5.74) is 1.49. The van der Waals surface area contributed by atoms with E-state index in [1.54, 1.807) is 13.0 Å². The number of ether oxygens (including phenoxy) is 1. The topological polar surface area (TPSA) is 81.4 Å². The summed E-state index contributed by atoms with van der Waals surface area (Å²) in [4.78, 5) is 0.172. The summed E-state index contributed by atoms with van der Waals surface area (Å²) in [5.74, 6) is 0. The number of anilines is 1. The average molecular weight is 312 g/mol. The van der Waals surface area contributed by atoms with Crippen LogP contribution in [0.25, 0.3) is 0 Å². The Morgan fingerprint density at radius 3 is 2.62 bits per heavy atom. The lowest BCUT2D eigenvalue weighted by Crippen LogP contribution is -2.58. The van der Waals surface area contributed by atoms with Gasteiger partial charge in [-0.3, -0.25) is 0 Å². The molecule has 0 heterocycles. The lowest BCUT2D eigenvalue weighted by Gasteiger charge is -2.52. The van der Waals surface area contributed by atoms with Crippen LogP contribution >= 0.6 is 0 Å². The molecule has 0 amide bonds. The first-order chi connectivity index (χ1) is 9.67. The molecular weight excluding hydrogens is 288 g/mol. The fourth-order valence-electron chi connectivity index (χ4n) is 2.88. The second kappa shape index (κ2) is 5.59. The predicted octanol–water partition coefficient (Wildman–Crippen LogP) is 2.26. The molecule has 1 aliphatic rings. The summed E-state index contributed by atoms with van der Waals surface area (Å²) in [6, 6.07) is 5.38. The Morgan fingerprint density at radius 2 is 2.10 bits per heavy atom. The maximum absolute atomic E-state index is 11.6. The Hall–Kier alpha value is -1.11. The normalized spacial score (nSPS) is 24.4. The minimum Gasteiger partial charge on any atom is -0.381 e. The first-order valence-corrected chi connectivity index (χ1v) is 8.73. The molecular formula is C15H24N2O3S. The lowest BCUT2D eigenvalue weighted by atomic mass is 9.64.